The normalized spacial score (nSPS) is 8.36. The van der Waals surface area contributed by atoms with Crippen molar-refractivity contribution in [1.29, 1.82) is 0 Å². The van der Waals surface area contributed by atoms with Crippen molar-refractivity contribution >= 4 is 17.3 Å². The summed E-state index contributed by atoms with van der Waals surface area (Å²) in [5.41, 5.74) is 3.18. The van der Waals surface area contributed by atoms with Crippen LogP contribution in [0.4, 0.5) is 5.69 Å². The van der Waals surface area contributed by atoms with Crippen LogP contribution in [-0.4, -0.2) is 12.9 Å². The Kier molecular flexibility index (Phi) is 22.6. The molecular weight excluding hydrogens is 290 g/mol. The minimum absolute atomic E-state index is 0.906. The lowest BCUT2D eigenvalue weighted by atomic mass is 10.2. The summed E-state index contributed by atoms with van der Waals surface area (Å²) >= 11 is 4.64. The van der Waals surface area contributed by atoms with E-state index in [-0.39, 0.29) is 0 Å². The molecule has 0 amide bonds. The number of rotatable bonds is 5. The number of hydrogen-bond donors (Lipinski definition) is 0. The molecule has 0 fully saturated rings. The lowest BCUT2D eigenvalue weighted by molar-refractivity contribution is 0.982. The van der Waals surface area contributed by atoms with Crippen LogP contribution in [-0.2, 0) is 0 Å². The Morgan fingerprint density at radius 2 is 1.45 bits per heavy atom. The highest BCUT2D eigenvalue weighted by Gasteiger charge is 2.04. The van der Waals surface area contributed by atoms with E-state index < -0.39 is 0 Å². The molecule has 0 saturated heterocycles. The Hall–Kier alpha value is -1.47. The Labute approximate surface area is 144 Å². The molecule has 0 aliphatic rings. The molecule has 1 rings (SSSR count). The monoisotopic (exact) mass is 323 g/mol. The zero-order valence-electron chi connectivity index (χ0n) is 15.5. The Balaban J connectivity index is -0.000000535. The molecule has 22 heavy (non-hydrogen) atoms. The maximum atomic E-state index is 4.64. The summed E-state index contributed by atoms with van der Waals surface area (Å²) in [5.74, 6) is 0. The van der Waals surface area contributed by atoms with Gasteiger partial charge >= 0.3 is 0 Å². The van der Waals surface area contributed by atoms with E-state index in [0.29, 0.717) is 0 Å². The van der Waals surface area contributed by atoms with Crippen molar-refractivity contribution in [2.24, 2.45) is 0 Å². The molecular formula is C20H34ClN. The van der Waals surface area contributed by atoms with Gasteiger partial charge in [0.25, 0.3) is 0 Å². The average Bonchev–Trinajstić information content (AvgIpc) is 2.60. The topological polar surface area (TPSA) is 3.24 Å². The average molecular weight is 324 g/mol. The third kappa shape index (κ3) is 12.3. The van der Waals surface area contributed by atoms with Crippen molar-refractivity contribution in [2.45, 2.75) is 41.5 Å². The first kappa shape index (κ1) is 25.5. The smallest absolute Gasteiger partial charge is 0.0410 e. The zero-order valence-corrected chi connectivity index (χ0v) is 16.2. The molecule has 0 heterocycles. The van der Waals surface area contributed by atoms with E-state index in [9.17, 15) is 0 Å². The van der Waals surface area contributed by atoms with Gasteiger partial charge in [-0.3, -0.25) is 0 Å². The third-order valence-electron chi connectivity index (χ3n) is 2.29. The number of nitrogens with zero attached hydrogens (tertiary/aromatic N) is 1. The Bertz CT molecular complexity index is 393. The van der Waals surface area contributed by atoms with Gasteiger partial charge in [0, 0.05) is 24.3 Å². The largest absolute Gasteiger partial charge is 0.342 e. The number of para-hydroxylation sites is 1. The molecule has 0 saturated carbocycles. The second-order valence-electron chi connectivity index (χ2n) is 3.75. The highest BCUT2D eigenvalue weighted by molar-refractivity contribution is 6.15. The zero-order chi connectivity index (χ0) is 18.0. The van der Waals surface area contributed by atoms with E-state index in [4.69, 9.17) is 0 Å². The SMILES string of the molecule is C=C(C)/C=C\C(=C)N(CC)c1ccccc1.CC.CC.CCl. The molecule has 1 nitrogen and oxygen atoms in total. The van der Waals surface area contributed by atoms with Gasteiger partial charge in [-0.25, -0.2) is 0 Å². The Morgan fingerprint density at radius 3 is 1.82 bits per heavy atom. The van der Waals surface area contributed by atoms with Crippen molar-refractivity contribution in [2.75, 3.05) is 17.8 Å². The molecule has 0 spiro atoms. The van der Waals surface area contributed by atoms with E-state index in [2.05, 4.69) is 48.7 Å². The first-order valence-corrected chi connectivity index (χ1v) is 8.63. The molecule has 0 aliphatic heterocycles. The minimum Gasteiger partial charge on any atom is -0.342 e. The fourth-order valence-electron chi connectivity index (χ4n) is 1.49. The third-order valence-corrected chi connectivity index (χ3v) is 2.29. The second-order valence-corrected chi connectivity index (χ2v) is 3.75. The highest BCUT2D eigenvalue weighted by atomic mass is 35.5. The van der Waals surface area contributed by atoms with Crippen molar-refractivity contribution < 1.29 is 0 Å². The molecule has 1 aromatic rings. The first-order chi connectivity index (χ1) is 10.6. The van der Waals surface area contributed by atoms with Gasteiger partial charge in [-0.1, -0.05) is 70.7 Å². The first-order valence-electron chi connectivity index (χ1n) is 7.88. The number of halogens is 1. The fraction of sp³-hybridized carbons (Fsp3) is 0.400. The van der Waals surface area contributed by atoms with Crippen LogP contribution in [0.25, 0.3) is 0 Å². The second kappa shape index (κ2) is 19.5. The summed E-state index contributed by atoms with van der Waals surface area (Å²) in [6.45, 7) is 20.9. The summed E-state index contributed by atoms with van der Waals surface area (Å²) in [6.07, 6.45) is 5.45. The van der Waals surface area contributed by atoms with Gasteiger partial charge in [0.05, 0.1) is 0 Å². The maximum Gasteiger partial charge on any atom is 0.0410 e. The van der Waals surface area contributed by atoms with Crippen LogP contribution in [0.5, 0.6) is 0 Å². The highest BCUT2D eigenvalue weighted by Crippen LogP contribution is 2.18. The maximum absolute atomic E-state index is 4.64. The van der Waals surface area contributed by atoms with E-state index in [1.54, 1.807) is 0 Å². The van der Waals surface area contributed by atoms with Crippen molar-refractivity contribution in [3.05, 3.63) is 66.9 Å². The molecule has 0 aliphatic carbocycles. The summed E-state index contributed by atoms with van der Waals surface area (Å²) < 4.78 is 0. The van der Waals surface area contributed by atoms with E-state index in [1.165, 1.54) is 12.1 Å². The number of hydrogen-bond acceptors (Lipinski definition) is 1. The summed E-state index contributed by atoms with van der Waals surface area (Å²) in [6, 6.07) is 10.3. The molecule has 2 heteroatoms. The van der Waals surface area contributed by atoms with Crippen LogP contribution < -0.4 is 4.90 Å². The van der Waals surface area contributed by atoms with Gasteiger partial charge in [-0.05, 0) is 32.1 Å². The summed E-state index contributed by atoms with van der Waals surface area (Å²) in [4.78, 5) is 2.17. The van der Waals surface area contributed by atoms with Gasteiger partial charge in [-0.15, -0.1) is 11.6 Å². The predicted molar refractivity (Wildman–Crippen MR) is 107 cm³/mol. The van der Waals surface area contributed by atoms with Crippen LogP contribution in [0.15, 0.2) is 66.9 Å². The lowest BCUT2D eigenvalue weighted by Gasteiger charge is -2.23. The van der Waals surface area contributed by atoms with Gasteiger partial charge in [-0.2, -0.15) is 0 Å². The van der Waals surface area contributed by atoms with E-state index >= 15 is 0 Å². The van der Waals surface area contributed by atoms with Gasteiger partial charge in [0.1, 0.15) is 0 Å². The quantitative estimate of drug-likeness (QED) is 0.414. The minimum atomic E-state index is 0.906. The summed E-state index contributed by atoms with van der Waals surface area (Å²) in [5, 5.41) is 0. The summed E-state index contributed by atoms with van der Waals surface area (Å²) in [7, 11) is 0. The number of benzene rings is 1. The number of anilines is 1. The molecule has 126 valence electrons. The molecule has 1 aromatic carbocycles. The van der Waals surface area contributed by atoms with Crippen LogP contribution in [0.1, 0.15) is 41.5 Å². The van der Waals surface area contributed by atoms with Crippen molar-refractivity contribution in [1.82, 2.24) is 0 Å². The predicted octanol–water partition coefficient (Wildman–Crippen LogP) is 7.07. The molecule has 0 unspecified atom stereocenters. The molecule has 0 bridgehead atoms. The number of allylic oxidation sites excluding steroid dienone is 3. The van der Waals surface area contributed by atoms with Crippen molar-refractivity contribution in [3.8, 4) is 0 Å². The lowest BCUT2D eigenvalue weighted by Crippen LogP contribution is -2.19. The van der Waals surface area contributed by atoms with Crippen LogP contribution in [0.2, 0.25) is 0 Å². The van der Waals surface area contributed by atoms with Gasteiger partial charge in [0.15, 0.2) is 0 Å². The Morgan fingerprint density at radius 1 is 1.00 bits per heavy atom. The van der Waals surface area contributed by atoms with Crippen molar-refractivity contribution in [3.63, 3.8) is 0 Å². The van der Waals surface area contributed by atoms with E-state index in [1.807, 2.05) is 65.0 Å². The van der Waals surface area contributed by atoms with E-state index in [0.717, 1.165) is 17.8 Å². The number of alkyl halides is 1. The fourth-order valence-corrected chi connectivity index (χ4v) is 1.49. The molecule has 0 N–H and O–H groups in total. The molecule has 0 radical (unpaired) electrons. The van der Waals surface area contributed by atoms with Gasteiger partial charge in [0.2, 0.25) is 0 Å². The van der Waals surface area contributed by atoms with Crippen LogP contribution in [0, 0.1) is 0 Å². The number of likely N-dealkylation sites (N-methyl/N-ethyl adjacent to an activating group) is 1. The van der Waals surface area contributed by atoms with Crippen LogP contribution in [0.3, 0.4) is 0 Å². The standard InChI is InChI=1S/C15H19N.2C2H6.CH3Cl/c1-5-16(14(4)12-11-13(2)3)15-9-7-6-8-10-15;3*1-2/h6-12H,2,4-5H2,1,3H3;2*1-2H3;1H3/b12-11-;;;. The molecule has 0 aromatic heterocycles. The van der Waals surface area contributed by atoms with Gasteiger partial charge < -0.3 is 4.90 Å². The molecule has 0 atom stereocenters. The van der Waals surface area contributed by atoms with Crippen LogP contribution >= 0.6 is 11.6 Å².